The SMILES string of the molecule is Cc1ccccc1OCCCN(C)C(C)C(=O)Nc1cccc(F)c1. The molecule has 1 N–H and O–H groups in total. The third kappa shape index (κ3) is 5.87. The summed E-state index contributed by atoms with van der Waals surface area (Å²) in [7, 11) is 1.89. The number of nitrogens with zero attached hydrogens (tertiary/aromatic N) is 1. The number of para-hydroxylation sites is 1. The summed E-state index contributed by atoms with van der Waals surface area (Å²) in [6.45, 7) is 5.16. The number of rotatable bonds is 8. The number of carbonyl (C=O) groups is 1. The molecule has 0 aliphatic carbocycles. The number of halogens is 1. The van der Waals surface area contributed by atoms with Crippen LogP contribution in [0.4, 0.5) is 10.1 Å². The number of likely N-dealkylation sites (N-methyl/N-ethyl adjacent to an activating group) is 1. The zero-order chi connectivity index (χ0) is 18.2. The van der Waals surface area contributed by atoms with E-state index < -0.39 is 0 Å². The van der Waals surface area contributed by atoms with E-state index in [1.54, 1.807) is 12.1 Å². The topological polar surface area (TPSA) is 41.6 Å². The largest absolute Gasteiger partial charge is 0.493 e. The summed E-state index contributed by atoms with van der Waals surface area (Å²) in [6.07, 6.45) is 0.808. The summed E-state index contributed by atoms with van der Waals surface area (Å²) in [5, 5.41) is 2.74. The van der Waals surface area contributed by atoms with Gasteiger partial charge in [-0.1, -0.05) is 24.3 Å². The second-order valence-electron chi connectivity index (χ2n) is 6.12. The highest BCUT2D eigenvalue weighted by atomic mass is 19.1. The highest BCUT2D eigenvalue weighted by molar-refractivity contribution is 5.94. The first-order chi connectivity index (χ1) is 12.0. The van der Waals surface area contributed by atoms with E-state index in [0.29, 0.717) is 12.3 Å². The van der Waals surface area contributed by atoms with Gasteiger partial charge in [-0.05, 0) is 57.1 Å². The molecule has 0 fully saturated rings. The van der Waals surface area contributed by atoms with Gasteiger partial charge in [-0.15, -0.1) is 0 Å². The first-order valence-corrected chi connectivity index (χ1v) is 8.42. The average Bonchev–Trinajstić information content (AvgIpc) is 2.59. The fourth-order valence-corrected chi connectivity index (χ4v) is 2.42. The van der Waals surface area contributed by atoms with Crippen LogP contribution in [0.1, 0.15) is 18.9 Å². The second-order valence-corrected chi connectivity index (χ2v) is 6.12. The summed E-state index contributed by atoms with van der Waals surface area (Å²) in [5.41, 5.74) is 1.58. The van der Waals surface area contributed by atoms with Gasteiger partial charge in [-0.2, -0.15) is 0 Å². The van der Waals surface area contributed by atoms with Gasteiger partial charge >= 0.3 is 0 Å². The van der Waals surface area contributed by atoms with E-state index >= 15 is 0 Å². The van der Waals surface area contributed by atoms with E-state index in [4.69, 9.17) is 4.74 Å². The van der Waals surface area contributed by atoms with Crippen LogP contribution < -0.4 is 10.1 Å². The van der Waals surface area contributed by atoms with Crippen molar-refractivity contribution in [1.29, 1.82) is 0 Å². The molecule has 0 bridgehead atoms. The predicted octanol–water partition coefficient (Wildman–Crippen LogP) is 3.86. The Labute approximate surface area is 148 Å². The lowest BCUT2D eigenvalue weighted by atomic mass is 10.2. The van der Waals surface area contributed by atoms with Crippen LogP contribution >= 0.6 is 0 Å². The molecule has 0 radical (unpaired) electrons. The van der Waals surface area contributed by atoms with Gasteiger partial charge in [0.2, 0.25) is 5.91 Å². The quantitative estimate of drug-likeness (QED) is 0.739. The van der Waals surface area contributed by atoms with Crippen LogP contribution in [0, 0.1) is 12.7 Å². The molecule has 2 aromatic carbocycles. The van der Waals surface area contributed by atoms with E-state index in [-0.39, 0.29) is 17.8 Å². The maximum absolute atomic E-state index is 13.2. The minimum absolute atomic E-state index is 0.159. The molecule has 5 heteroatoms. The molecule has 4 nitrogen and oxygen atoms in total. The van der Waals surface area contributed by atoms with Crippen LogP contribution in [0.5, 0.6) is 5.75 Å². The summed E-state index contributed by atoms with van der Waals surface area (Å²) < 4.78 is 18.9. The van der Waals surface area contributed by atoms with Gasteiger partial charge in [-0.3, -0.25) is 9.69 Å². The molecule has 0 aromatic heterocycles. The molecule has 0 aliphatic heterocycles. The Bertz CT molecular complexity index is 706. The molecule has 2 rings (SSSR count). The van der Waals surface area contributed by atoms with Gasteiger partial charge in [0.1, 0.15) is 11.6 Å². The number of anilines is 1. The van der Waals surface area contributed by atoms with Crippen molar-refractivity contribution in [3.8, 4) is 5.75 Å². The number of aryl methyl sites for hydroxylation is 1. The Kier molecular flexibility index (Phi) is 6.95. The molecule has 0 aliphatic rings. The molecule has 0 spiro atoms. The Hall–Kier alpha value is -2.40. The fourth-order valence-electron chi connectivity index (χ4n) is 2.42. The van der Waals surface area contributed by atoms with Gasteiger partial charge < -0.3 is 10.1 Å². The molecule has 134 valence electrons. The lowest BCUT2D eigenvalue weighted by Gasteiger charge is -2.24. The number of benzene rings is 2. The molecule has 2 aromatic rings. The van der Waals surface area contributed by atoms with Gasteiger partial charge in [0.15, 0.2) is 0 Å². The molecule has 0 heterocycles. The summed E-state index contributed by atoms with van der Waals surface area (Å²) >= 11 is 0. The molecular formula is C20H25FN2O2. The summed E-state index contributed by atoms with van der Waals surface area (Å²) in [5.74, 6) is 0.363. The lowest BCUT2D eigenvalue weighted by Crippen LogP contribution is -2.40. The predicted molar refractivity (Wildman–Crippen MR) is 98.4 cm³/mol. The van der Waals surface area contributed by atoms with Crippen molar-refractivity contribution in [2.75, 3.05) is 25.5 Å². The van der Waals surface area contributed by atoms with Crippen LogP contribution in [-0.4, -0.2) is 37.0 Å². The van der Waals surface area contributed by atoms with Crippen molar-refractivity contribution in [3.05, 3.63) is 59.9 Å². The number of ether oxygens (including phenoxy) is 1. The van der Waals surface area contributed by atoms with Crippen molar-refractivity contribution >= 4 is 11.6 Å². The number of hydrogen-bond donors (Lipinski definition) is 1. The zero-order valence-electron chi connectivity index (χ0n) is 15.0. The van der Waals surface area contributed by atoms with Crippen molar-refractivity contribution in [3.63, 3.8) is 0 Å². The third-order valence-corrected chi connectivity index (χ3v) is 4.14. The molecule has 0 saturated carbocycles. The number of hydrogen-bond acceptors (Lipinski definition) is 3. The Morgan fingerprint density at radius 3 is 2.72 bits per heavy atom. The van der Waals surface area contributed by atoms with Crippen LogP contribution in [0.3, 0.4) is 0 Å². The van der Waals surface area contributed by atoms with Gasteiger partial charge in [0, 0.05) is 12.2 Å². The van der Waals surface area contributed by atoms with Gasteiger partial charge in [-0.25, -0.2) is 4.39 Å². The first-order valence-electron chi connectivity index (χ1n) is 8.42. The minimum atomic E-state index is -0.368. The number of nitrogens with one attached hydrogen (secondary N) is 1. The Morgan fingerprint density at radius 1 is 1.24 bits per heavy atom. The third-order valence-electron chi connectivity index (χ3n) is 4.14. The minimum Gasteiger partial charge on any atom is -0.493 e. The fraction of sp³-hybridized carbons (Fsp3) is 0.350. The molecule has 25 heavy (non-hydrogen) atoms. The van der Waals surface area contributed by atoms with Gasteiger partial charge in [0.05, 0.1) is 12.6 Å². The summed E-state index contributed by atoms with van der Waals surface area (Å²) in [6, 6.07) is 13.5. The lowest BCUT2D eigenvalue weighted by molar-refractivity contribution is -0.120. The Morgan fingerprint density at radius 2 is 2.00 bits per heavy atom. The van der Waals surface area contributed by atoms with Gasteiger partial charge in [0.25, 0.3) is 0 Å². The monoisotopic (exact) mass is 344 g/mol. The average molecular weight is 344 g/mol. The van der Waals surface area contributed by atoms with Crippen molar-refractivity contribution < 1.29 is 13.9 Å². The number of amides is 1. The Balaban J connectivity index is 1.75. The maximum atomic E-state index is 13.2. The zero-order valence-corrected chi connectivity index (χ0v) is 15.0. The van der Waals surface area contributed by atoms with Crippen LogP contribution in [-0.2, 0) is 4.79 Å². The van der Waals surface area contributed by atoms with E-state index in [2.05, 4.69) is 5.32 Å². The van der Waals surface area contributed by atoms with E-state index in [1.807, 2.05) is 50.1 Å². The molecular weight excluding hydrogens is 319 g/mol. The number of carbonyl (C=O) groups excluding carboxylic acids is 1. The first kappa shape index (κ1) is 18.9. The normalized spacial score (nSPS) is 12.0. The second kappa shape index (κ2) is 9.18. The molecule has 1 unspecified atom stereocenters. The maximum Gasteiger partial charge on any atom is 0.241 e. The molecule has 1 atom stereocenters. The summed E-state index contributed by atoms with van der Waals surface area (Å²) in [4.78, 5) is 14.2. The standard InChI is InChI=1S/C20H25FN2O2/c1-15-8-4-5-11-19(15)25-13-7-12-23(3)16(2)20(24)22-18-10-6-9-17(21)14-18/h4-6,8-11,14,16H,7,12-13H2,1-3H3,(H,22,24). The smallest absolute Gasteiger partial charge is 0.241 e. The van der Waals surface area contributed by atoms with E-state index in [1.165, 1.54) is 12.1 Å². The van der Waals surface area contributed by atoms with Crippen LogP contribution in [0.15, 0.2) is 48.5 Å². The van der Waals surface area contributed by atoms with Crippen LogP contribution in [0.25, 0.3) is 0 Å². The van der Waals surface area contributed by atoms with Crippen molar-refractivity contribution in [2.24, 2.45) is 0 Å². The highest BCUT2D eigenvalue weighted by Crippen LogP contribution is 2.16. The van der Waals surface area contributed by atoms with Crippen molar-refractivity contribution in [1.82, 2.24) is 4.90 Å². The molecule has 1 amide bonds. The van der Waals surface area contributed by atoms with Crippen molar-refractivity contribution in [2.45, 2.75) is 26.3 Å². The van der Waals surface area contributed by atoms with Crippen LogP contribution in [0.2, 0.25) is 0 Å². The molecule has 0 saturated heterocycles. The highest BCUT2D eigenvalue weighted by Gasteiger charge is 2.18. The van der Waals surface area contributed by atoms with E-state index in [9.17, 15) is 9.18 Å². The van der Waals surface area contributed by atoms with E-state index in [0.717, 1.165) is 24.3 Å².